The molecule has 3 fully saturated rings. The summed E-state index contributed by atoms with van der Waals surface area (Å²) >= 11 is 0. The fourth-order valence-corrected chi connectivity index (χ4v) is 5.31. The molecule has 0 aromatic heterocycles. The molecule has 3 aliphatic rings. The van der Waals surface area contributed by atoms with Gasteiger partial charge in [-0.15, -0.1) is 0 Å². The molecule has 0 radical (unpaired) electrons. The predicted octanol–water partition coefficient (Wildman–Crippen LogP) is 3.77. The number of nitrogens with zero attached hydrogens (tertiary/aromatic N) is 2. The van der Waals surface area contributed by atoms with Crippen molar-refractivity contribution >= 4 is 29.3 Å². The first-order valence-corrected chi connectivity index (χ1v) is 12.6. The summed E-state index contributed by atoms with van der Waals surface area (Å²) in [7, 11) is 0. The van der Waals surface area contributed by atoms with Gasteiger partial charge >= 0.3 is 6.09 Å². The minimum absolute atomic E-state index is 0.184. The predicted molar refractivity (Wildman–Crippen MR) is 132 cm³/mol. The standard InChI is InChI=1S/C26H38N4O4/c1-26(2,3)34-25(33)30-16-12-19(13-17-30)18-10-14-29(15-11-18)21-6-4-20(5-7-21)27-22-8-9-23(31)28-24(22)32/h4-7,18-19,22,27H,8-17H2,1-3H3,(H,28,31,32). The fourth-order valence-electron chi connectivity index (χ4n) is 5.31. The zero-order chi connectivity index (χ0) is 24.3. The molecule has 4 rings (SSSR count). The Balaban J connectivity index is 1.22. The molecule has 1 aromatic rings. The number of imide groups is 1. The first kappa shape index (κ1) is 24.4. The maximum Gasteiger partial charge on any atom is 0.410 e. The SMILES string of the molecule is CC(C)(C)OC(=O)N1CCC(C2CCN(c3ccc(NC4CCC(=O)NC4=O)cc3)CC2)CC1. The molecule has 8 heteroatoms. The van der Waals surface area contributed by atoms with Crippen LogP contribution in [0.25, 0.3) is 0 Å². The Morgan fingerprint density at radius 2 is 1.53 bits per heavy atom. The molecule has 2 N–H and O–H groups in total. The van der Waals surface area contributed by atoms with Crippen molar-refractivity contribution in [3.63, 3.8) is 0 Å². The van der Waals surface area contributed by atoms with Crippen LogP contribution in [0.2, 0.25) is 0 Å². The number of benzene rings is 1. The van der Waals surface area contributed by atoms with E-state index in [1.54, 1.807) is 0 Å². The smallest absolute Gasteiger partial charge is 0.410 e. The molecule has 1 atom stereocenters. The number of ether oxygens (including phenoxy) is 1. The van der Waals surface area contributed by atoms with Crippen molar-refractivity contribution in [2.24, 2.45) is 11.8 Å². The van der Waals surface area contributed by atoms with Crippen LogP contribution in [0.4, 0.5) is 16.2 Å². The lowest BCUT2D eigenvalue weighted by atomic mass is 9.79. The molecule has 1 unspecified atom stereocenters. The molecule has 3 amide bonds. The summed E-state index contributed by atoms with van der Waals surface area (Å²) in [5.74, 6) is 0.946. The van der Waals surface area contributed by atoms with Gasteiger partial charge in [0.1, 0.15) is 11.6 Å². The van der Waals surface area contributed by atoms with E-state index < -0.39 is 5.60 Å². The first-order chi connectivity index (χ1) is 16.2. The third kappa shape index (κ3) is 6.21. The van der Waals surface area contributed by atoms with E-state index in [4.69, 9.17) is 4.74 Å². The second kappa shape index (κ2) is 10.2. The summed E-state index contributed by atoms with van der Waals surface area (Å²) in [6.45, 7) is 9.40. The molecule has 0 saturated carbocycles. The Morgan fingerprint density at radius 1 is 0.941 bits per heavy atom. The van der Waals surface area contributed by atoms with E-state index in [-0.39, 0.29) is 23.9 Å². The summed E-state index contributed by atoms with van der Waals surface area (Å²) in [6.07, 6.45) is 5.18. The van der Waals surface area contributed by atoms with Crippen LogP contribution >= 0.6 is 0 Å². The highest BCUT2D eigenvalue weighted by atomic mass is 16.6. The molecule has 3 heterocycles. The van der Waals surface area contributed by atoms with Crippen LogP contribution in [-0.2, 0) is 14.3 Å². The van der Waals surface area contributed by atoms with Gasteiger partial charge in [-0.25, -0.2) is 4.79 Å². The van der Waals surface area contributed by atoms with Gasteiger partial charge in [0, 0.05) is 44.0 Å². The Morgan fingerprint density at radius 3 is 2.09 bits per heavy atom. The van der Waals surface area contributed by atoms with Gasteiger partial charge in [-0.1, -0.05) is 0 Å². The van der Waals surface area contributed by atoms with Gasteiger partial charge in [-0.2, -0.15) is 0 Å². The zero-order valence-corrected chi connectivity index (χ0v) is 20.6. The third-order valence-electron chi connectivity index (χ3n) is 7.21. The molecule has 186 valence electrons. The van der Waals surface area contributed by atoms with Gasteiger partial charge in [-0.3, -0.25) is 14.9 Å². The average molecular weight is 471 g/mol. The van der Waals surface area contributed by atoms with E-state index in [2.05, 4.69) is 27.7 Å². The van der Waals surface area contributed by atoms with Crippen molar-refractivity contribution in [2.75, 3.05) is 36.4 Å². The van der Waals surface area contributed by atoms with Crippen LogP contribution in [0, 0.1) is 11.8 Å². The topological polar surface area (TPSA) is 91.0 Å². The zero-order valence-electron chi connectivity index (χ0n) is 20.6. The van der Waals surface area contributed by atoms with Crippen molar-refractivity contribution in [3.05, 3.63) is 24.3 Å². The lowest BCUT2D eigenvalue weighted by molar-refractivity contribution is -0.133. The van der Waals surface area contributed by atoms with E-state index >= 15 is 0 Å². The molecule has 1 aromatic carbocycles. The molecule has 0 aliphatic carbocycles. The molecule has 3 aliphatic heterocycles. The summed E-state index contributed by atoms with van der Waals surface area (Å²) in [4.78, 5) is 39.9. The second-order valence-corrected chi connectivity index (χ2v) is 10.8. The number of carbonyl (C=O) groups excluding carboxylic acids is 3. The van der Waals surface area contributed by atoms with E-state index in [1.165, 1.54) is 18.5 Å². The van der Waals surface area contributed by atoms with Crippen LogP contribution in [-0.4, -0.2) is 60.6 Å². The second-order valence-electron chi connectivity index (χ2n) is 10.8. The van der Waals surface area contributed by atoms with Crippen LogP contribution in [0.15, 0.2) is 24.3 Å². The van der Waals surface area contributed by atoms with Crippen LogP contribution in [0.1, 0.15) is 59.3 Å². The van der Waals surface area contributed by atoms with E-state index in [9.17, 15) is 14.4 Å². The number of hydrogen-bond acceptors (Lipinski definition) is 6. The van der Waals surface area contributed by atoms with Crippen molar-refractivity contribution in [3.8, 4) is 0 Å². The Bertz CT molecular complexity index is 879. The maximum absolute atomic E-state index is 12.3. The number of rotatable bonds is 4. The largest absolute Gasteiger partial charge is 0.444 e. The number of piperidine rings is 3. The monoisotopic (exact) mass is 470 g/mol. The highest BCUT2D eigenvalue weighted by molar-refractivity contribution is 6.01. The minimum atomic E-state index is -0.444. The third-order valence-corrected chi connectivity index (χ3v) is 7.21. The Hall–Kier alpha value is -2.77. The van der Waals surface area contributed by atoms with E-state index in [0.29, 0.717) is 24.7 Å². The lowest BCUT2D eigenvalue weighted by Crippen LogP contribution is -2.47. The van der Waals surface area contributed by atoms with Gasteiger partial charge in [0.2, 0.25) is 11.8 Å². The van der Waals surface area contributed by atoms with E-state index in [0.717, 1.165) is 44.7 Å². The maximum atomic E-state index is 12.3. The Labute approximate surface area is 202 Å². The first-order valence-electron chi connectivity index (χ1n) is 12.6. The van der Waals surface area contributed by atoms with Crippen LogP contribution in [0.3, 0.4) is 0 Å². The number of carbonyl (C=O) groups is 3. The van der Waals surface area contributed by atoms with Gasteiger partial charge in [0.15, 0.2) is 0 Å². The van der Waals surface area contributed by atoms with Crippen molar-refractivity contribution in [1.82, 2.24) is 10.2 Å². The molecule has 3 saturated heterocycles. The molecule has 0 bridgehead atoms. The molecular weight excluding hydrogens is 432 g/mol. The highest BCUT2D eigenvalue weighted by Gasteiger charge is 2.32. The summed E-state index contributed by atoms with van der Waals surface area (Å²) in [5, 5.41) is 5.62. The number of likely N-dealkylation sites (tertiary alicyclic amines) is 1. The fraction of sp³-hybridized carbons (Fsp3) is 0.654. The van der Waals surface area contributed by atoms with Crippen molar-refractivity contribution in [2.45, 2.75) is 70.9 Å². The highest BCUT2D eigenvalue weighted by Crippen LogP contribution is 2.34. The van der Waals surface area contributed by atoms with Crippen LogP contribution in [0.5, 0.6) is 0 Å². The van der Waals surface area contributed by atoms with E-state index in [1.807, 2.05) is 37.8 Å². The number of nitrogens with one attached hydrogen (secondary N) is 2. The molecular formula is C26H38N4O4. The lowest BCUT2D eigenvalue weighted by Gasteiger charge is -2.41. The minimum Gasteiger partial charge on any atom is -0.444 e. The number of amides is 3. The van der Waals surface area contributed by atoms with Gasteiger partial charge in [0.05, 0.1) is 0 Å². The normalized spacial score (nSPS) is 23.0. The van der Waals surface area contributed by atoms with Crippen LogP contribution < -0.4 is 15.5 Å². The summed E-state index contributed by atoms with van der Waals surface area (Å²) in [5.41, 5.74) is 1.65. The number of hydrogen-bond donors (Lipinski definition) is 2. The molecule has 0 spiro atoms. The summed E-state index contributed by atoms with van der Waals surface area (Å²) < 4.78 is 5.52. The van der Waals surface area contributed by atoms with Crippen molar-refractivity contribution in [1.29, 1.82) is 0 Å². The quantitative estimate of drug-likeness (QED) is 0.651. The van der Waals surface area contributed by atoms with Gasteiger partial charge in [0.25, 0.3) is 0 Å². The summed E-state index contributed by atoms with van der Waals surface area (Å²) in [6, 6.07) is 7.87. The molecule has 34 heavy (non-hydrogen) atoms. The molecule has 8 nitrogen and oxygen atoms in total. The van der Waals surface area contributed by atoms with Gasteiger partial charge < -0.3 is 19.9 Å². The van der Waals surface area contributed by atoms with Crippen molar-refractivity contribution < 1.29 is 19.1 Å². The van der Waals surface area contributed by atoms with Gasteiger partial charge in [-0.05, 0) is 89.0 Å². The average Bonchev–Trinajstić information content (AvgIpc) is 2.81. The Kier molecular flexibility index (Phi) is 7.33. The number of anilines is 2.